The van der Waals surface area contributed by atoms with E-state index in [1.54, 1.807) is 37.3 Å². The lowest BCUT2D eigenvalue weighted by molar-refractivity contribution is 0.0528. The third-order valence-electron chi connectivity index (χ3n) is 5.63. The summed E-state index contributed by atoms with van der Waals surface area (Å²) >= 11 is 0. The van der Waals surface area contributed by atoms with Gasteiger partial charge in [-0.05, 0) is 37.3 Å². The molecule has 0 atom stereocenters. The van der Waals surface area contributed by atoms with Crippen LogP contribution in [-0.2, 0) is 11.3 Å². The number of hydrogen-bond donors (Lipinski definition) is 1. The van der Waals surface area contributed by atoms with E-state index >= 15 is 0 Å². The van der Waals surface area contributed by atoms with Gasteiger partial charge in [0.2, 0.25) is 11.6 Å². The molecule has 2 aromatic carbocycles. The van der Waals surface area contributed by atoms with Crippen molar-refractivity contribution in [1.29, 1.82) is 0 Å². The molecule has 3 heterocycles. The van der Waals surface area contributed by atoms with E-state index in [1.165, 1.54) is 29.0 Å². The van der Waals surface area contributed by atoms with E-state index in [9.17, 15) is 27.2 Å². The molecular formula is C27H18F4N4O5. The van der Waals surface area contributed by atoms with Crippen LogP contribution in [0.15, 0.2) is 65.3 Å². The van der Waals surface area contributed by atoms with E-state index in [2.05, 4.69) is 15.4 Å². The summed E-state index contributed by atoms with van der Waals surface area (Å²) < 4.78 is 71.1. The molecule has 5 rings (SSSR count). The van der Waals surface area contributed by atoms with Crippen LogP contribution in [0.4, 0.5) is 23.2 Å². The number of ether oxygens (including phenoxy) is 2. The minimum absolute atomic E-state index is 0.0300. The Labute approximate surface area is 223 Å². The van der Waals surface area contributed by atoms with Crippen LogP contribution in [-0.4, -0.2) is 33.1 Å². The van der Waals surface area contributed by atoms with Crippen LogP contribution in [0.2, 0.25) is 0 Å². The van der Waals surface area contributed by atoms with Crippen molar-refractivity contribution in [2.45, 2.75) is 13.5 Å². The molecule has 204 valence electrons. The monoisotopic (exact) mass is 554 g/mol. The number of rotatable bonds is 8. The number of nitrogens with zero attached hydrogens (tertiary/aromatic N) is 3. The van der Waals surface area contributed by atoms with Gasteiger partial charge in [0.15, 0.2) is 28.8 Å². The molecule has 13 heteroatoms. The van der Waals surface area contributed by atoms with Crippen molar-refractivity contribution in [3.63, 3.8) is 0 Å². The molecule has 1 amide bonds. The van der Waals surface area contributed by atoms with Crippen molar-refractivity contribution in [3.8, 4) is 17.0 Å². The second-order valence-electron chi connectivity index (χ2n) is 8.23. The summed E-state index contributed by atoms with van der Waals surface area (Å²) in [7, 11) is 0. The Morgan fingerprint density at radius 1 is 1.02 bits per heavy atom. The van der Waals surface area contributed by atoms with Crippen molar-refractivity contribution >= 4 is 23.2 Å². The molecule has 0 radical (unpaired) electrons. The summed E-state index contributed by atoms with van der Waals surface area (Å²) in [4.78, 5) is 29.2. The zero-order valence-electron chi connectivity index (χ0n) is 20.6. The molecule has 0 bridgehead atoms. The molecule has 0 saturated heterocycles. The second kappa shape index (κ2) is 10.9. The molecule has 0 unspecified atom stereocenters. The van der Waals surface area contributed by atoms with Crippen molar-refractivity contribution in [2.75, 3.05) is 11.9 Å². The Bertz CT molecular complexity index is 1720. The summed E-state index contributed by atoms with van der Waals surface area (Å²) in [5, 5.41) is 6.91. The van der Waals surface area contributed by atoms with Gasteiger partial charge in [0.05, 0.1) is 18.5 Å². The minimum Gasteiger partial charge on any atom is -0.479 e. The molecule has 1 N–H and O–H groups in total. The van der Waals surface area contributed by atoms with Crippen LogP contribution in [0.3, 0.4) is 0 Å². The van der Waals surface area contributed by atoms with E-state index in [4.69, 9.17) is 13.9 Å². The number of esters is 1. The van der Waals surface area contributed by atoms with E-state index in [1.807, 2.05) is 0 Å². The normalized spacial score (nSPS) is 11.0. The molecule has 0 aliphatic rings. The van der Waals surface area contributed by atoms with Crippen LogP contribution in [0.25, 0.3) is 16.9 Å². The molecule has 0 aliphatic heterocycles. The number of carbonyl (C=O) groups excluding carboxylic acids is 2. The summed E-state index contributed by atoms with van der Waals surface area (Å²) in [5.41, 5.74) is 2.13. The fraction of sp³-hybridized carbons (Fsp3) is 0.111. The predicted molar refractivity (Wildman–Crippen MR) is 132 cm³/mol. The first-order chi connectivity index (χ1) is 19.3. The van der Waals surface area contributed by atoms with Crippen LogP contribution < -0.4 is 10.1 Å². The Balaban J connectivity index is 1.31. The van der Waals surface area contributed by atoms with Crippen molar-refractivity contribution in [2.24, 2.45) is 0 Å². The lowest BCUT2D eigenvalue weighted by atomic mass is 10.1. The number of amides is 1. The average Bonchev–Trinajstić information content (AvgIpc) is 3.60. The fourth-order valence-electron chi connectivity index (χ4n) is 3.81. The number of nitrogens with one attached hydrogen (secondary N) is 1. The summed E-state index contributed by atoms with van der Waals surface area (Å²) in [6.07, 6.45) is 2.88. The highest BCUT2D eigenvalue weighted by atomic mass is 19.2. The Kier molecular flexibility index (Phi) is 7.19. The average molecular weight is 554 g/mol. The number of furan rings is 1. The quantitative estimate of drug-likeness (QED) is 0.152. The van der Waals surface area contributed by atoms with E-state index in [-0.39, 0.29) is 29.8 Å². The number of anilines is 1. The van der Waals surface area contributed by atoms with Crippen LogP contribution in [0.5, 0.6) is 5.75 Å². The molecule has 0 spiro atoms. The molecule has 5 aromatic rings. The summed E-state index contributed by atoms with van der Waals surface area (Å²) in [5.74, 6) is -9.25. The van der Waals surface area contributed by atoms with E-state index in [0.29, 0.717) is 22.6 Å². The van der Waals surface area contributed by atoms with Gasteiger partial charge in [-0.3, -0.25) is 4.79 Å². The van der Waals surface area contributed by atoms with Gasteiger partial charge in [0.1, 0.15) is 17.9 Å². The van der Waals surface area contributed by atoms with Gasteiger partial charge in [0, 0.05) is 23.5 Å². The van der Waals surface area contributed by atoms with Gasteiger partial charge in [-0.1, -0.05) is 12.1 Å². The number of aromatic nitrogens is 3. The fourth-order valence-corrected chi connectivity index (χ4v) is 3.81. The number of carbonyl (C=O) groups is 2. The Morgan fingerprint density at radius 3 is 2.55 bits per heavy atom. The van der Waals surface area contributed by atoms with Crippen LogP contribution in [0.1, 0.15) is 33.6 Å². The maximum absolute atomic E-state index is 13.8. The van der Waals surface area contributed by atoms with Gasteiger partial charge < -0.3 is 19.2 Å². The number of benzene rings is 2. The van der Waals surface area contributed by atoms with Gasteiger partial charge in [0.25, 0.3) is 5.91 Å². The summed E-state index contributed by atoms with van der Waals surface area (Å²) in [6, 6.07) is 11.1. The third-order valence-corrected chi connectivity index (χ3v) is 5.63. The topological polar surface area (TPSA) is 108 Å². The molecule has 0 saturated carbocycles. The van der Waals surface area contributed by atoms with Crippen LogP contribution >= 0.6 is 0 Å². The minimum atomic E-state index is -1.69. The zero-order valence-corrected chi connectivity index (χ0v) is 20.6. The number of fused-ring (bicyclic) bond motifs is 1. The Morgan fingerprint density at radius 2 is 1.80 bits per heavy atom. The van der Waals surface area contributed by atoms with Crippen LogP contribution in [0, 0.1) is 23.3 Å². The molecule has 3 aromatic heterocycles. The maximum Gasteiger partial charge on any atom is 0.343 e. The molecule has 0 fully saturated rings. The predicted octanol–water partition coefficient (Wildman–Crippen LogP) is 5.55. The smallest absolute Gasteiger partial charge is 0.343 e. The third kappa shape index (κ3) is 5.08. The molecule has 0 aliphatic carbocycles. The lowest BCUT2D eigenvalue weighted by Gasteiger charge is -2.09. The zero-order chi connectivity index (χ0) is 28.4. The van der Waals surface area contributed by atoms with E-state index < -0.39 is 47.5 Å². The highest BCUT2D eigenvalue weighted by Crippen LogP contribution is 2.28. The second-order valence-corrected chi connectivity index (χ2v) is 8.23. The molecule has 9 nitrogen and oxygen atoms in total. The van der Waals surface area contributed by atoms with Crippen molar-refractivity contribution < 1.29 is 41.0 Å². The lowest BCUT2D eigenvalue weighted by Crippen LogP contribution is -2.11. The summed E-state index contributed by atoms with van der Waals surface area (Å²) in [6.45, 7) is 1.29. The van der Waals surface area contributed by atoms with Gasteiger partial charge in [-0.25, -0.2) is 23.1 Å². The first kappa shape index (κ1) is 26.4. The standard InChI is InChI=1S/C27H18F4N4O5/c1-2-38-27(37)17-12-33-35-20(8-9-32-25(17)35)14-4-3-5-15(10-14)34-26(36)21-7-6-16(40-21)13-39-24-22(30)18(28)11-19(29)23(24)31/h3-12H,2,13H2,1H3,(H,34,36). The Hall–Kier alpha value is -5.20. The number of hydrogen-bond acceptors (Lipinski definition) is 7. The van der Waals surface area contributed by atoms with Gasteiger partial charge in [-0.2, -0.15) is 13.9 Å². The highest BCUT2D eigenvalue weighted by molar-refractivity contribution is 6.02. The van der Waals surface area contributed by atoms with E-state index in [0.717, 1.165) is 0 Å². The van der Waals surface area contributed by atoms with Crippen molar-refractivity contribution in [3.05, 3.63) is 101 Å². The number of halogens is 4. The maximum atomic E-state index is 13.8. The molecule has 40 heavy (non-hydrogen) atoms. The SMILES string of the molecule is CCOC(=O)c1cnn2c(-c3cccc(NC(=O)c4ccc(COc5c(F)c(F)cc(F)c5F)o4)c3)ccnc12. The van der Waals surface area contributed by atoms with Gasteiger partial charge >= 0.3 is 5.97 Å². The molecular weight excluding hydrogens is 536 g/mol. The van der Waals surface area contributed by atoms with Crippen molar-refractivity contribution in [1.82, 2.24) is 14.6 Å². The largest absolute Gasteiger partial charge is 0.479 e. The first-order valence-electron chi connectivity index (χ1n) is 11.7. The first-order valence-corrected chi connectivity index (χ1v) is 11.7. The van der Waals surface area contributed by atoms with Gasteiger partial charge in [-0.15, -0.1) is 0 Å². The highest BCUT2D eigenvalue weighted by Gasteiger charge is 2.22.